The van der Waals surface area contributed by atoms with Crippen LogP contribution >= 0.6 is 15.2 Å². The van der Waals surface area contributed by atoms with Crippen molar-refractivity contribution in [3.05, 3.63) is 30.3 Å². The molecule has 0 aromatic heterocycles. The quantitative estimate of drug-likeness (QED) is 0.718. The van der Waals surface area contributed by atoms with Crippen molar-refractivity contribution < 1.29 is 27.2 Å². The van der Waals surface area contributed by atoms with Crippen molar-refractivity contribution in [3.8, 4) is 5.75 Å². The second kappa shape index (κ2) is 6.50. The third-order valence-electron chi connectivity index (χ3n) is 2.17. The lowest BCUT2D eigenvalue weighted by molar-refractivity contribution is 0.273. The third-order valence-corrected chi connectivity index (χ3v) is 7.10. The highest BCUT2D eigenvalue weighted by Gasteiger charge is 2.37. The number of hydrogen-bond donors (Lipinski definition) is 0. The minimum absolute atomic E-state index is 0.362. The Balaban J connectivity index is 2.87. The van der Waals surface area contributed by atoms with Crippen LogP contribution in [0.2, 0.25) is 0 Å². The standard InChI is InChI=1S/C10H16O6P2/c1-13-17(11,14-2)9-18(12,15-3)16-10-7-5-4-6-8-10/h4-8H,9H2,1-3H3. The fourth-order valence-corrected chi connectivity index (χ4v) is 5.15. The van der Waals surface area contributed by atoms with Gasteiger partial charge in [-0.15, -0.1) is 0 Å². The second-order valence-electron chi connectivity index (χ2n) is 3.32. The summed E-state index contributed by atoms with van der Waals surface area (Å²) in [6.45, 7) is 0. The highest BCUT2D eigenvalue weighted by Crippen LogP contribution is 2.62. The lowest BCUT2D eigenvalue weighted by Gasteiger charge is -2.20. The lowest BCUT2D eigenvalue weighted by atomic mass is 10.3. The molecule has 1 aromatic carbocycles. The van der Waals surface area contributed by atoms with Crippen LogP contribution < -0.4 is 4.52 Å². The van der Waals surface area contributed by atoms with E-state index in [4.69, 9.17) is 18.1 Å². The van der Waals surface area contributed by atoms with Crippen molar-refractivity contribution in [1.29, 1.82) is 0 Å². The zero-order valence-corrected chi connectivity index (χ0v) is 12.2. The van der Waals surface area contributed by atoms with Crippen LogP contribution in [-0.2, 0) is 22.7 Å². The Bertz CT molecular complexity index is 453. The summed E-state index contributed by atoms with van der Waals surface area (Å²) in [6, 6.07) is 8.48. The molecule has 6 nitrogen and oxygen atoms in total. The normalized spacial score (nSPS) is 15.1. The van der Waals surface area contributed by atoms with Gasteiger partial charge in [0.2, 0.25) is 0 Å². The monoisotopic (exact) mass is 294 g/mol. The van der Waals surface area contributed by atoms with Gasteiger partial charge < -0.3 is 18.1 Å². The number of hydrogen-bond acceptors (Lipinski definition) is 6. The molecule has 0 heterocycles. The van der Waals surface area contributed by atoms with Gasteiger partial charge in [-0.2, -0.15) is 0 Å². The van der Waals surface area contributed by atoms with Crippen LogP contribution in [0.3, 0.4) is 0 Å². The predicted octanol–water partition coefficient (Wildman–Crippen LogP) is 3.35. The summed E-state index contributed by atoms with van der Waals surface area (Å²) in [7, 11) is -3.41. The van der Waals surface area contributed by atoms with E-state index in [1.54, 1.807) is 30.3 Å². The van der Waals surface area contributed by atoms with Crippen LogP contribution in [0.15, 0.2) is 30.3 Å². The number of rotatable bonds is 7. The van der Waals surface area contributed by atoms with E-state index in [9.17, 15) is 9.13 Å². The largest absolute Gasteiger partial charge is 0.424 e. The highest BCUT2D eigenvalue weighted by molar-refractivity contribution is 7.71. The second-order valence-corrected chi connectivity index (χ2v) is 8.17. The van der Waals surface area contributed by atoms with Crippen molar-refractivity contribution in [3.63, 3.8) is 0 Å². The molecular weight excluding hydrogens is 278 g/mol. The van der Waals surface area contributed by atoms with Crippen LogP contribution in [-0.4, -0.2) is 27.2 Å². The van der Waals surface area contributed by atoms with Gasteiger partial charge in [-0.05, 0) is 12.1 Å². The van der Waals surface area contributed by atoms with E-state index in [0.717, 1.165) is 0 Å². The first kappa shape index (κ1) is 15.4. The van der Waals surface area contributed by atoms with Crippen LogP contribution in [0.1, 0.15) is 0 Å². The van der Waals surface area contributed by atoms with Gasteiger partial charge in [0.15, 0.2) is 5.90 Å². The van der Waals surface area contributed by atoms with E-state index in [1.165, 1.54) is 21.3 Å². The van der Waals surface area contributed by atoms with Gasteiger partial charge in [0, 0.05) is 21.3 Å². The van der Waals surface area contributed by atoms with E-state index < -0.39 is 21.1 Å². The summed E-state index contributed by atoms with van der Waals surface area (Å²) < 4.78 is 43.8. The van der Waals surface area contributed by atoms with Crippen LogP contribution in [0.5, 0.6) is 5.75 Å². The maximum Gasteiger partial charge on any atom is 0.391 e. The predicted molar refractivity (Wildman–Crippen MR) is 68.2 cm³/mol. The average molecular weight is 294 g/mol. The summed E-state index contributed by atoms with van der Waals surface area (Å²) in [6.07, 6.45) is 0. The van der Waals surface area contributed by atoms with E-state index in [-0.39, 0.29) is 0 Å². The Hall–Kier alpha value is -0.640. The van der Waals surface area contributed by atoms with Crippen LogP contribution in [0, 0.1) is 0 Å². The molecule has 1 atom stereocenters. The van der Waals surface area contributed by atoms with Crippen LogP contribution in [0.4, 0.5) is 0 Å². The molecule has 1 aromatic rings. The molecule has 0 saturated heterocycles. The summed E-state index contributed by atoms with van der Waals surface area (Å²) >= 11 is 0. The van der Waals surface area contributed by atoms with E-state index in [0.29, 0.717) is 5.75 Å². The Morgan fingerprint density at radius 1 is 0.889 bits per heavy atom. The zero-order valence-electron chi connectivity index (χ0n) is 10.4. The molecule has 1 unspecified atom stereocenters. The molecule has 0 amide bonds. The molecule has 0 fully saturated rings. The maximum atomic E-state index is 12.3. The fourth-order valence-electron chi connectivity index (χ4n) is 1.17. The van der Waals surface area contributed by atoms with Crippen molar-refractivity contribution in [2.24, 2.45) is 0 Å². The average Bonchev–Trinajstić information content (AvgIpc) is 2.39. The molecule has 8 heteroatoms. The van der Waals surface area contributed by atoms with Crippen molar-refractivity contribution in [1.82, 2.24) is 0 Å². The summed E-state index contributed by atoms with van der Waals surface area (Å²) in [4.78, 5) is 0. The van der Waals surface area contributed by atoms with Crippen LogP contribution in [0.25, 0.3) is 0 Å². The molecule has 0 aliphatic rings. The SMILES string of the molecule is COP(=O)(CP(=O)(OC)Oc1ccccc1)OC. The first-order chi connectivity index (χ1) is 8.47. The molecule has 0 N–H and O–H groups in total. The van der Waals surface area contributed by atoms with Gasteiger partial charge in [0.05, 0.1) is 0 Å². The maximum absolute atomic E-state index is 12.3. The van der Waals surface area contributed by atoms with Gasteiger partial charge in [-0.1, -0.05) is 18.2 Å². The molecule has 0 saturated carbocycles. The zero-order chi connectivity index (χ0) is 13.6. The Morgan fingerprint density at radius 2 is 1.39 bits per heavy atom. The minimum atomic E-state index is -3.59. The first-order valence-electron chi connectivity index (χ1n) is 5.07. The number of para-hydroxylation sites is 1. The van der Waals surface area contributed by atoms with Gasteiger partial charge in [0.1, 0.15) is 5.75 Å². The summed E-state index contributed by atoms with van der Waals surface area (Å²) in [5, 5.41) is 0. The van der Waals surface area contributed by atoms with Crippen molar-refractivity contribution >= 4 is 15.2 Å². The van der Waals surface area contributed by atoms with E-state index in [1.807, 2.05) is 0 Å². The summed E-state index contributed by atoms with van der Waals surface area (Å²) in [5.41, 5.74) is 0. The first-order valence-corrected chi connectivity index (χ1v) is 8.52. The fraction of sp³-hybridized carbons (Fsp3) is 0.400. The molecule has 0 spiro atoms. The molecule has 0 aliphatic heterocycles. The van der Waals surface area contributed by atoms with Crippen molar-refractivity contribution in [2.75, 3.05) is 27.2 Å². The van der Waals surface area contributed by atoms with E-state index in [2.05, 4.69) is 0 Å². The Kier molecular flexibility index (Phi) is 5.57. The third kappa shape index (κ3) is 4.23. The van der Waals surface area contributed by atoms with Gasteiger partial charge in [-0.25, -0.2) is 4.57 Å². The highest BCUT2D eigenvalue weighted by atomic mass is 31.2. The summed E-state index contributed by atoms with van der Waals surface area (Å²) in [5.74, 6) is -0.0836. The van der Waals surface area contributed by atoms with Crippen molar-refractivity contribution in [2.45, 2.75) is 0 Å². The lowest BCUT2D eigenvalue weighted by Crippen LogP contribution is -2.03. The smallest absolute Gasteiger partial charge is 0.391 e. The molecule has 0 aliphatic carbocycles. The number of benzene rings is 1. The molecular formula is C10H16O6P2. The van der Waals surface area contributed by atoms with Gasteiger partial charge in [-0.3, -0.25) is 4.57 Å². The molecule has 18 heavy (non-hydrogen) atoms. The minimum Gasteiger partial charge on any atom is -0.424 e. The Labute approximate surface area is 106 Å². The van der Waals surface area contributed by atoms with E-state index >= 15 is 0 Å². The molecule has 0 bridgehead atoms. The molecule has 0 radical (unpaired) electrons. The molecule has 1 rings (SSSR count). The molecule has 102 valence electrons. The van der Waals surface area contributed by atoms with Gasteiger partial charge in [0.25, 0.3) is 0 Å². The van der Waals surface area contributed by atoms with Gasteiger partial charge >= 0.3 is 15.2 Å². The Morgan fingerprint density at radius 3 is 1.83 bits per heavy atom. The topological polar surface area (TPSA) is 71.1 Å².